The molecule has 0 aliphatic carbocycles. The number of aromatic nitrogens is 4. The first-order valence-corrected chi connectivity index (χ1v) is 9.72. The van der Waals surface area contributed by atoms with E-state index in [9.17, 15) is 0 Å². The summed E-state index contributed by atoms with van der Waals surface area (Å²) in [4.78, 5) is 16.9. The van der Waals surface area contributed by atoms with Gasteiger partial charge < -0.3 is 10.1 Å². The van der Waals surface area contributed by atoms with Crippen molar-refractivity contribution in [2.75, 3.05) is 11.9 Å². The summed E-state index contributed by atoms with van der Waals surface area (Å²) in [6, 6.07) is 15.7. The van der Waals surface area contributed by atoms with E-state index in [0.717, 1.165) is 29.9 Å². The number of nitriles is 1. The van der Waals surface area contributed by atoms with Crippen molar-refractivity contribution >= 4 is 17.0 Å². The summed E-state index contributed by atoms with van der Waals surface area (Å²) >= 11 is 0. The number of hydrogen-bond acceptors (Lipinski definition) is 7. The molecule has 2 heterocycles. The Morgan fingerprint density at radius 3 is 2.63 bits per heavy atom. The minimum Gasteiger partial charge on any atom is -0.457 e. The second-order valence-electron chi connectivity index (χ2n) is 6.66. The molecule has 148 valence electrons. The molecule has 7 heteroatoms. The summed E-state index contributed by atoms with van der Waals surface area (Å²) in [6.45, 7) is 2.77. The van der Waals surface area contributed by atoms with Crippen LogP contribution in [0.15, 0.2) is 61.2 Å². The first-order valence-electron chi connectivity index (χ1n) is 9.72. The van der Waals surface area contributed by atoms with Gasteiger partial charge in [0, 0.05) is 18.9 Å². The van der Waals surface area contributed by atoms with Crippen molar-refractivity contribution in [3.8, 4) is 17.6 Å². The molecule has 0 saturated heterocycles. The molecule has 0 spiro atoms. The molecule has 4 aromatic rings. The van der Waals surface area contributed by atoms with E-state index in [2.05, 4.69) is 38.2 Å². The molecule has 7 nitrogen and oxygen atoms in total. The highest BCUT2D eigenvalue weighted by Crippen LogP contribution is 2.27. The van der Waals surface area contributed by atoms with Gasteiger partial charge in [0.25, 0.3) is 0 Å². The van der Waals surface area contributed by atoms with Gasteiger partial charge in [0.1, 0.15) is 23.3 Å². The van der Waals surface area contributed by atoms with Crippen molar-refractivity contribution in [1.82, 2.24) is 19.9 Å². The Kier molecular flexibility index (Phi) is 5.76. The van der Waals surface area contributed by atoms with Crippen molar-refractivity contribution in [3.63, 3.8) is 0 Å². The van der Waals surface area contributed by atoms with Crippen LogP contribution < -0.4 is 10.1 Å². The van der Waals surface area contributed by atoms with E-state index in [-0.39, 0.29) is 0 Å². The SMILES string of the molecule is CCc1ccc(C#N)cc1Oc1ccc(CCNc2ncnc3nccnc23)cc1. The molecule has 0 bridgehead atoms. The Hall–Kier alpha value is -4.05. The monoisotopic (exact) mass is 396 g/mol. The van der Waals surface area contributed by atoms with E-state index in [0.29, 0.717) is 29.1 Å². The largest absolute Gasteiger partial charge is 0.457 e. The molecule has 0 unspecified atom stereocenters. The number of fused-ring (bicyclic) bond motifs is 1. The summed E-state index contributed by atoms with van der Waals surface area (Å²) in [5.74, 6) is 2.15. The Labute approximate surface area is 174 Å². The second kappa shape index (κ2) is 8.97. The third-order valence-corrected chi connectivity index (χ3v) is 4.70. The van der Waals surface area contributed by atoms with Crippen LogP contribution in [-0.2, 0) is 12.8 Å². The van der Waals surface area contributed by atoms with E-state index in [1.165, 1.54) is 11.9 Å². The first-order chi connectivity index (χ1) is 14.8. The molecule has 0 amide bonds. The lowest BCUT2D eigenvalue weighted by Crippen LogP contribution is -2.08. The average molecular weight is 396 g/mol. The van der Waals surface area contributed by atoms with Crippen molar-refractivity contribution < 1.29 is 4.74 Å². The minimum absolute atomic E-state index is 0.573. The number of nitrogens with one attached hydrogen (secondary N) is 1. The fourth-order valence-corrected chi connectivity index (χ4v) is 3.11. The lowest BCUT2D eigenvalue weighted by molar-refractivity contribution is 0.476. The van der Waals surface area contributed by atoms with Crippen LogP contribution in [0.2, 0.25) is 0 Å². The highest BCUT2D eigenvalue weighted by atomic mass is 16.5. The highest BCUT2D eigenvalue weighted by molar-refractivity contribution is 5.81. The zero-order chi connectivity index (χ0) is 20.8. The normalized spacial score (nSPS) is 10.5. The molecular formula is C23H20N6O. The lowest BCUT2D eigenvalue weighted by Gasteiger charge is -2.11. The van der Waals surface area contributed by atoms with Crippen LogP contribution in [0.3, 0.4) is 0 Å². The molecule has 4 rings (SSSR count). The highest BCUT2D eigenvalue weighted by Gasteiger charge is 2.07. The van der Waals surface area contributed by atoms with Crippen molar-refractivity contribution in [2.24, 2.45) is 0 Å². The van der Waals surface area contributed by atoms with E-state index in [1.54, 1.807) is 18.5 Å². The first kappa shape index (κ1) is 19.3. The Bertz CT molecular complexity index is 1200. The minimum atomic E-state index is 0.573. The predicted molar refractivity (Wildman–Crippen MR) is 114 cm³/mol. The number of nitrogens with zero attached hydrogens (tertiary/aromatic N) is 5. The fraction of sp³-hybridized carbons (Fsp3) is 0.174. The Balaban J connectivity index is 1.39. The number of ether oxygens (including phenoxy) is 1. The maximum atomic E-state index is 9.12. The number of benzene rings is 2. The smallest absolute Gasteiger partial charge is 0.183 e. The molecule has 30 heavy (non-hydrogen) atoms. The van der Waals surface area contributed by atoms with Gasteiger partial charge >= 0.3 is 0 Å². The van der Waals surface area contributed by atoms with E-state index < -0.39 is 0 Å². The zero-order valence-corrected chi connectivity index (χ0v) is 16.5. The van der Waals surface area contributed by atoms with Gasteiger partial charge in [0.2, 0.25) is 0 Å². The average Bonchev–Trinajstić information content (AvgIpc) is 2.80. The maximum absolute atomic E-state index is 9.12. The van der Waals surface area contributed by atoms with Crippen LogP contribution in [0.5, 0.6) is 11.5 Å². The molecule has 2 aromatic heterocycles. The van der Waals surface area contributed by atoms with Crippen LogP contribution >= 0.6 is 0 Å². The fourth-order valence-electron chi connectivity index (χ4n) is 3.11. The molecule has 1 N–H and O–H groups in total. The van der Waals surface area contributed by atoms with Gasteiger partial charge in [-0.1, -0.05) is 25.1 Å². The van der Waals surface area contributed by atoms with Gasteiger partial charge in [-0.15, -0.1) is 0 Å². The standard InChI is InChI=1S/C23H20N6O/c1-2-18-6-3-17(14-24)13-20(18)30-19-7-4-16(5-8-19)9-10-26-22-21-23(29-15-28-22)27-12-11-25-21/h3-8,11-13,15H,2,9-10H2,1H3,(H,26,27,28,29). The molecule has 0 radical (unpaired) electrons. The number of aryl methyl sites for hydroxylation is 1. The Morgan fingerprint density at radius 1 is 1.00 bits per heavy atom. The molecule has 0 fully saturated rings. The predicted octanol–water partition coefficient (Wildman–Crippen LogP) is 4.30. The maximum Gasteiger partial charge on any atom is 0.183 e. The van der Waals surface area contributed by atoms with Gasteiger partial charge in [-0.05, 0) is 48.2 Å². The van der Waals surface area contributed by atoms with E-state index in [4.69, 9.17) is 10.00 Å². The zero-order valence-electron chi connectivity index (χ0n) is 16.5. The summed E-state index contributed by atoms with van der Waals surface area (Å²) in [7, 11) is 0. The second-order valence-corrected chi connectivity index (χ2v) is 6.66. The van der Waals surface area contributed by atoms with Gasteiger partial charge in [-0.2, -0.15) is 5.26 Å². The van der Waals surface area contributed by atoms with Gasteiger partial charge in [0.15, 0.2) is 11.5 Å². The van der Waals surface area contributed by atoms with E-state index >= 15 is 0 Å². The van der Waals surface area contributed by atoms with Crippen molar-refractivity contribution in [2.45, 2.75) is 19.8 Å². The topological polar surface area (TPSA) is 96.6 Å². The molecule has 0 aliphatic heterocycles. The van der Waals surface area contributed by atoms with Crippen LogP contribution in [0.1, 0.15) is 23.6 Å². The van der Waals surface area contributed by atoms with Crippen LogP contribution in [0.25, 0.3) is 11.2 Å². The molecule has 0 atom stereocenters. The van der Waals surface area contributed by atoms with Gasteiger partial charge in [-0.25, -0.2) is 19.9 Å². The lowest BCUT2D eigenvalue weighted by atomic mass is 10.1. The van der Waals surface area contributed by atoms with Gasteiger partial charge in [0.05, 0.1) is 11.6 Å². The summed E-state index contributed by atoms with van der Waals surface area (Å²) in [6.07, 6.45) is 6.38. The summed E-state index contributed by atoms with van der Waals surface area (Å²) in [5.41, 5.74) is 4.06. The summed E-state index contributed by atoms with van der Waals surface area (Å²) < 4.78 is 6.02. The van der Waals surface area contributed by atoms with Crippen LogP contribution in [-0.4, -0.2) is 26.5 Å². The molecule has 0 saturated carbocycles. The summed E-state index contributed by atoms with van der Waals surface area (Å²) in [5, 5.41) is 12.4. The third kappa shape index (κ3) is 4.33. The van der Waals surface area contributed by atoms with Crippen molar-refractivity contribution in [1.29, 1.82) is 5.26 Å². The number of rotatable bonds is 7. The molecular weight excluding hydrogens is 376 g/mol. The molecule has 0 aliphatic rings. The quantitative estimate of drug-likeness (QED) is 0.497. The van der Waals surface area contributed by atoms with Gasteiger partial charge in [-0.3, -0.25) is 0 Å². The Morgan fingerprint density at radius 2 is 1.83 bits per heavy atom. The van der Waals surface area contributed by atoms with Crippen LogP contribution in [0.4, 0.5) is 5.82 Å². The van der Waals surface area contributed by atoms with E-state index in [1.807, 2.05) is 36.4 Å². The third-order valence-electron chi connectivity index (χ3n) is 4.70. The number of hydrogen-bond donors (Lipinski definition) is 1. The number of anilines is 1. The molecule has 2 aromatic carbocycles. The van der Waals surface area contributed by atoms with Crippen LogP contribution in [0, 0.1) is 11.3 Å². The van der Waals surface area contributed by atoms with Crippen molar-refractivity contribution in [3.05, 3.63) is 77.9 Å².